The van der Waals surface area contributed by atoms with Gasteiger partial charge in [-0.2, -0.15) is 0 Å². The van der Waals surface area contributed by atoms with Gasteiger partial charge in [0, 0.05) is 23.7 Å². The van der Waals surface area contributed by atoms with Crippen molar-refractivity contribution in [3.8, 4) is 0 Å². The van der Waals surface area contributed by atoms with Crippen LogP contribution in [0.25, 0.3) is 0 Å². The lowest BCUT2D eigenvalue weighted by Gasteiger charge is -2.39. The molecule has 1 aliphatic rings. The Morgan fingerprint density at radius 1 is 1.50 bits per heavy atom. The Hall–Kier alpha value is -0.800. The fourth-order valence-electron chi connectivity index (χ4n) is 2.71. The second-order valence-corrected chi connectivity index (χ2v) is 5.35. The number of hydrogen-bond acceptors (Lipinski definition) is 2. The van der Waals surface area contributed by atoms with Gasteiger partial charge in [-0.15, -0.1) is 0 Å². The predicted molar refractivity (Wildman–Crippen MR) is 74.9 cm³/mol. The maximum atomic E-state index is 13.9. The number of halogens is 2. The zero-order chi connectivity index (χ0) is 13.1. The van der Waals surface area contributed by atoms with Gasteiger partial charge in [0.25, 0.3) is 0 Å². The molecule has 0 aliphatic carbocycles. The van der Waals surface area contributed by atoms with Crippen LogP contribution in [0.3, 0.4) is 0 Å². The largest absolute Gasteiger partial charge is 0.366 e. The molecule has 2 rings (SSSR count). The van der Waals surface area contributed by atoms with Crippen molar-refractivity contribution in [2.24, 2.45) is 0 Å². The van der Waals surface area contributed by atoms with Crippen molar-refractivity contribution < 1.29 is 4.39 Å². The molecular weight excluding hydrogens is 251 g/mol. The lowest BCUT2D eigenvalue weighted by atomic mass is 9.97. The topological polar surface area (TPSA) is 15.3 Å². The normalized spacial score (nSPS) is 24.3. The molecule has 4 heteroatoms. The molecule has 1 aromatic carbocycles. The van der Waals surface area contributed by atoms with E-state index in [-0.39, 0.29) is 5.82 Å². The van der Waals surface area contributed by atoms with Gasteiger partial charge < -0.3 is 10.2 Å². The van der Waals surface area contributed by atoms with Crippen molar-refractivity contribution in [2.45, 2.75) is 38.8 Å². The summed E-state index contributed by atoms with van der Waals surface area (Å²) in [5.41, 5.74) is 0.630. The molecule has 2 atom stereocenters. The molecule has 1 aliphatic heterocycles. The van der Waals surface area contributed by atoms with Crippen molar-refractivity contribution in [2.75, 3.05) is 18.0 Å². The van der Waals surface area contributed by atoms with E-state index in [0.29, 0.717) is 22.8 Å². The SMILES string of the molecule is CCNC1CCN(c2cc(Cl)ccc2F)C(C)C1. The standard InChI is InChI=1S/C14H20ClFN2/c1-3-17-12-6-7-18(10(2)8-12)14-9-11(15)4-5-13(14)16/h4-5,9-10,12,17H,3,6-8H2,1-2H3. The quantitative estimate of drug-likeness (QED) is 0.905. The maximum Gasteiger partial charge on any atom is 0.146 e. The summed E-state index contributed by atoms with van der Waals surface area (Å²) in [7, 11) is 0. The molecule has 1 aromatic rings. The van der Waals surface area contributed by atoms with Gasteiger partial charge in [-0.05, 0) is 44.5 Å². The van der Waals surface area contributed by atoms with Crippen LogP contribution in [0.5, 0.6) is 0 Å². The van der Waals surface area contributed by atoms with E-state index in [0.717, 1.165) is 25.9 Å². The summed E-state index contributed by atoms with van der Waals surface area (Å²) in [4.78, 5) is 2.12. The molecule has 18 heavy (non-hydrogen) atoms. The minimum absolute atomic E-state index is 0.187. The van der Waals surface area contributed by atoms with Gasteiger partial charge >= 0.3 is 0 Å². The van der Waals surface area contributed by atoms with Gasteiger partial charge in [0.1, 0.15) is 5.82 Å². The molecule has 2 unspecified atom stereocenters. The molecular formula is C14H20ClFN2. The molecule has 0 saturated carbocycles. The first-order chi connectivity index (χ1) is 8.61. The molecule has 1 fully saturated rings. The highest BCUT2D eigenvalue weighted by atomic mass is 35.5. The minimum atomic E-state index is -0.187. The van der Waals surface area contributed by atoms with Crippen molar-refractivity contribution in [3.63, 3.8) is 0 Å². The lowest BCUT2D eigenvalue weighted by Crippen LogP contribution is -2.47. The van der Waals surface area contributed by atoms with Crippen LogP contribution in [0, 0.1) is 5.82 Å². The minimum Gasteiger partial charge on any atom is -0.366 e. The van der Waals surface area contributed by atoms with E-state index in [2.05, 4.69) is 24.1 Å². The molecule has 2 nitrogen and oxygen atoms in total. The summed E-state index contributed by atoms with van der Waals surface area (Å²) < 4.78 is 13.9. The van der Waals surface area contributed by atoms with Crippen molar-refractivity contribution in [1.29, 1.82) is 0 Å². The van der Waals surface area contributed by atoms with Gasteiger partial charge in [0.2, 0.25) is 0 Å². The van der Waals surface area contributed by atoms with Crippen LogP contribution >= 0.6 is 11.6 Å². The molecule has 1 saturated heterocycles. The summed E-state index contributed by atoms with van der Waals surface area (Å²) in [6, 6.07) is 5.64. The van der Waals surface area contributed by atoms with Crippen molar-refractivity contribution >= 4 is 17.3 Å². The maximum absolute atomic E-state index is 13.9. The van der Waals surface area contributed by atoms with E-state index in [1.165, 1.54) is 6.07 Å². The average molecular weight is 271 g/mol. The van der Waals surface area contributed by atoms with Gasteiger partial charge in [0.05, 0.1) is 5.69 Å². The molecule has 1 N–H and O–H groups in total. The predicted octanol–water partition coefficient (Wildman–Crippen LogP) is 3.45. The Bertz CT molecular complexity index is 411. The highest BCUT2D eigenvalue weighted by Crippen LogP contribution is 2.29. The molecule has 0 spiro atoms. The summed E-state index contributed by atoms with van der Waals surface area (Å²) >= 11 is 5.96. The van der Waals surface area contributed by atoms with Gasteiger partial charge in [-0.3, -0.25) is 0 Å². The van der Waals surface area contributed by atoms with Crippen LogP contribution in [-0.2, 0) is 0 Å². The van der Waals surface area contributed by atoms with E-state index in [1.54, 1.807) is 12.1 Å². The number of hydrogen-bond donors (Lipinski definition) is 1. The highest BCUT2D eigenvalue weighted by Gasteiger charge is 2.26. The Kier molecular flexibility index (Phi) is 4.46. The second kappa shape index (κ2) is 5.89. The van der Waals surface area contributed by atoms with Gasteiger partial charge in [-0.25, -0.2) is 4.39 Å². The third-order valence-electron chi connectivity index (χ3n) is 3.59. The van der Waals surface area contributed by atoms with Gasteiger partial charge in [0.15, 0.2) is 0 Å². The molecule has 0 amide bonds. The van der Waals surface area contributed by atoms with Crippen LogP contribution < -0.4 is 10.2 Å². The Labute approximate surface area is 113 Å². The first kappa shape index (κ1) is 13.6. The first-order valence-electron chi connectivity index (χ1n) is 6.57. The Morgan fingerprint density at radius 2 is 2.28 bits per heavy atom. The summed E-state index contributed by atoms with van der Waals surface area (Å²) in [5.74, 6) is -0.187. The van der Waals surface area contributed by atoms with Crippen LogP contribution in [0.4, 0.5) is 10.1 Å². The number of benzene rings is 1. The van der Waals surface area contributed by atoms with E-state index < -0.39 is 0 Å². The van der Waals surface area contributed by atoms with E-state index in [9.17, 15) is 4.39 Å². The Balaban J connectivity index is 2.12. The molecule has 100 valence electrons. The molecule has 1 heterocycles. The fraction of sp³-hybridized carbons (Fsp3) is 0.571. The summed E-state index contributed by atoms with van der Waals surface area (Å²) in [5, 5.41) is 4.06. The van der Waals surface area contributed by atoms with E-state index in [4.69, 9.17) is 11.6 Å². The second-order valence-electron chi connectivity index (χ2n) is 4.92. The third-order valence-corrected chi connectivity index (χ3v) is 3.82. The number of nitrogens with zero attached hydrogens (tertiary/aromatic N) is 1. The highest BCUT2D eigenvalue weighted by molar-refractivity contribution is 6.30. The van der Waals surface area contributed by atoms with Crippen LogP contribution in [-0.4, -0.2) is 25.2 Å². The first-order valence-corrected chi connectivity index (χ1v) is 6.94. The fourth-order valence-corrected chi connectivity index (χ4v) is 2.88. The number of rotatable bonds is 3. The van der Waals surface area contributed by atoms with E-state index in [1.807, 2.05) is 0 Å². The van der Waals surface area contributed by atoms with Gasteiger partial charge in [-0.1, -0.05) is 18.5 Å². The van der Waals surface area contributed by atoms with Crippen LogP contribution in [0.15, 0.2) is 18.2 Å². The molecule has 0 radical (unpaired) electrons. The summed E-state index contributed by atoms with van der Waals surface area (Å²) in [6.45, 7) is 6.12. The monoisotopic (exact) mass is 270 g/mol. The molecule has 0 aromatic heterocycles. The molecule has 0 bridgehead atoms. The van der Waals surface area contributed by atoms with Crippen LogP contribution in [0.2, 0.25) is 5.02 Å². The smallest absolute Gasteiger partial charge is 0.146 e. The Morgan fingerprint density at radius 3 is 2.94 bits per heavy atom. The van der Waals surface area contributed by atoms with Crippen molar-refractivity contribution in [1.82, 2.24) is 5.32 Å². The lowest BCUT2D eigenvalue weighted by molar-refractivity contribution is 0.371. The summed E-state index contributed by atoms with van der Waals surface area (Å²) in [6.07, 6.45) is 2.09. The number of nitrogens with one attached hydrogen (secondary N) is 1. The number of piperidine rings is 1. The average Bonchev–Trinajstić information content (AvgIpc) is 2.33. The third kappa shape index (κ3) is 2.96. The van der Waals surface area contributed by atoms with Crippen molar-refractivity contribution in [3.05, 3.63) is 29.0 Å². The zero-order valence-electron chi connectivity index (χ0n) is 10.9. The van der Waals surface area contributed by atoms with Crippen LogP contribution in [0.1, 0.15) is 26.7 Å². The zero-order valence-corrected chi connectivity index (χ0v) is 11.7. The number of anilines is 1. The van der Waals surface area contributed by atoms with E-state index >= 15 is 0 Å².